The van der Waals surface area contributed by atoms with E-state index >= 15 is 0 Å². The predicted molar refractivity (Wildman–Crippen MR) is 87.5 cm³/mol. The fraction of sp³-hybridized carbons (Fsp3) is 0.0588. The minimum atomic E-state index is -0.540. The van der Waals surface area contributed by atoms with Crippen molar-refractivity contribution in [3.63, 3.8) is 0 Å². The summed E-state index contributed by atoms with van der Waals surface area (Å²) >= 11 is 0. The molecule has 1 heterocycles. The first-order valence-corrected chi connectivity index (χ1v) is 7.07. The summed E-state index contributed by atoms with van der Waals surface area (Å²) in [5.41, 5.74) is 1.52. The van der Waals surface area contributed by atoms with Crippen LogP contribution in [0.15, 0.2) is 48.5 Å². The number of halogens is 1. The Kier molecular flexibility index (Phi) is 3.91. The molecule has 0 aliphatic carbocycles. The number of aromatic nitrogens is 1. The highest BCUT2D eigenvalue weighted by atomic mass is 19.1. The van der Waals surface area contributed by atoms with Crippen molar-refractivity contribution in [2.75, 3.05) is 5.32 Å². The Balaban J connectivity index is 1.95. The first-order chi connectivity index (χ1) is 11.4. The van der Waals surface area contributed by atoms with Crippen molar-refractivity contribution >= 4 is 28.2 Å². The average molecular weight is 325 g/mol. The van der Waals surface area contributed by atoms with Gasteiger partial charge in [-0.1, -0.05) is 6.07 Å². The van der Waals surface area contributed by atoms with Crippen molar-refractivity contribution in [3.8, 4) is 0 Å². The minimum Gasteiger partial charge on any atom is -0.322 e. The molecule has 0 atom stereocenters. The van der Waals surface area contributed by atoms with Crippen LogP contribution in [0.1, 0.15) is 16.1 Å². The van der Waals surface area contributed by atoms with E-state index < -0.39 is 16.6 Å². The lowest BCUT2D eigenvalue weighted by molar-refractivity contribution is -0.384. The zero-order valence-corrected chi connectivity index (χ0v) is 12.6. The van der Waals surface area contributed by atoms with E-state index in [2.05, 4.69) is 10.3 Å². The van der Waals surface area contributed by atoms with Crippen LogP contribution in [0.2, 0.25) is 0 Å². The number of aryl methyl sites for hydroxylation is 1. The van der Waals surface area contributed by atoms with Crippen LogP contribution in [0, 0.1) is 22.9 Å². The lowest BCUT2D eigenvalue weighted by Crippen LogP contribution is -2.14. The monoisotopic (exact) mass is 325 g/mol. The quantitative estimate of drug-likeness (QED) is 0.585. The summed E-state index contributed by atoms with van der Waals surface area (Å²) in [6.07, 6.45) is 0. The molecule has 0 saturated heterocycles. The highest BCUT2D eigenvalue weighted by Gasteiger charge is 2.14. The Morgan fingerprint density at radius 1 is 1.21 bits per heavy atom. The molecule has 3 rings (SSSR count). The molecule has 6 nitrogen and oxygen atoms in total. The SMILES string of the molecule is Cc1nc2ccc(F)cc2cc1C(=O)Nc1cccc([N+](=O)[O-])c1. The van der Waals surface area contributed by atoms with E-state index in [0.29, 0.717) is 22.3 Å². The second-order valence-corrected chi connectivity index (χ2v) is 5.22. The highest BCUT2D eigenvalue weighted by Crippen LogP contribution is 2.21. The number of carbonyl (C=O) groups excluding carboxylic acids is 1. The van der Waals surface area contributed by atoms with Crippen LogP contribution in [0.5, 0.6) is 0 Å². The summed E-state index contributed by atoms with van der Waals surface area (Å²) in [6, 6.07) is 11.3. The number of fused-ring (bicyclic) bond motifs is 1. The summed E-state index contributed by atoms with van der Waals surface area (Å²) in [6.45, 7) is 1.67. The maximum absolute atomic E-state index is 13.3. The molecular formula is C17H12FN3O3. The molecule has 0 aliphatic rings. The summed E-state index contributed by atoms with van der Waals surface area (Å²) in [5.74, 6) is -0.884. The van der Waals surface area contributed by atoms with E-state index in [1.807, 2.05) is 0 Å². The molecule has 7 heteroatoms. The third kappa shape index (κ3) is 3.05. The van der Waals surface area contributed by atoms with Crippen LogP contribution in [-0.2, 0) is 0 Å². The fourth-order valence-electron chi connectivity index (χ4n) is 2.37. The molecule has 0 aliphatic heterocycles. The molecule has 1 aromatic heterocycles. The van der Waals surface area contributed by atoms with Gasteiger partial charge >= 0.3 is 0 Å². The lowest BCUT2D eigenvalue weighted by Gasteiger charge is -2.09. The number of benzene rings is 2. The van der Waals surface area contributed by atoms with Crippen molar-refractivity contribution in [2.24, 2.45) is 0 Å². The van der Waals surface area contributed by atoms with Gasteiger partial charge < -0.3 is 5.32 Å². The standard InChI is InChI=1S/C17H12FN3O3/c1-10-15(8-11-7-12(18)5-6-16(11)19-10)17(22)20-13-3-2-4-14(9-13)21(23)24/h2-9H,1H3,(H,20,22). The second-order valence-electron chi connectivity index (χ2n) is 5.22. The molecule has 0 saturated carbocycles. The van der Waals surface area contributed by atoms with Crippen LogP contribution in [-0.4, -0.2) is 15.8 Å². The van der Waals surface area contributed by atoms with Gasteiger partial charge in [0.25, 0.3) is 11.6 Å². The molecule has 3 aromatic rings. The van der Waals surface area contributed by atoms with Gasteiger partial charge in [0.2, 0.25) is 0 Å². The van der Waals surface area contributed by atoms with Crippen LogP contribution >= 0.6 is 0 Å². The van der Waals surface area contributed by atoms with Crippen molar-refractivity contribution < 1.29 is 14.1 Å². The van der Waals surface area contributed by atoms with Gasteiger partial charge in [-0.2, -0.15) is 0 Å². The van der Waals surface area contributed by atoms with Gasteiger partial charge in [-0.05, 0) is 37.3 Å². The van der Waals surface area contributed by atoms with E-state index in [0.717, 1.165) is 0 Å². The third-order valence-electron chi connectivity index (χ3n) is 3.53. The van der Waals surface area contributed by atoms with E-state index in [1.54, 1.807) is 25.1 Å². The summed E-state index contributed by atoms with van der Waals surface area (Å²) < 4.78 is 13.3. The van der Waals surface area contributed by atoms with Crippen molar-refractivity contribution in [1.29, 1.82) is 0 Å². The number of pyridine rings is 1. The maximum Gasteiger partial charge on any atom is 0.271 e. The van der Waals surface area contributed by atoms with Crippen LogP contribution in [0.3, 0.4) is 0 Å². The first-order valence-electron chi connectivity index (χ1n) is 7.07. The van der Waals surface area contributed by atoms with E-state index in [4.69, 9.17) is 0 Å². The Labute approximate surface area is 136 Å². The number of hydrogen-bond acceptors (Lipinski definition) is 4. The zero-order chi connectivity index (χ0) is 17.3. The molecule has 1 N–H and O–H groups in total. The van der Waals surface area contributed by atoms with Crippen LogP contribution < -0.4 is 5.32 Å². The largest absolute Gasteiger partial charge is 0.322 e. The molecule has 0 bridgehead atoms. The van der Waals surface area contributed by atoms with Crippen molar-refractivity contribution in [3.05, 3.63) is 75.7 Å². The van der Waals surface area contributed by atoms with Gasteiger partial charge in [0.1, 0.15) is 5.82 Å². The molecule has 2 aromatic carbocycles. The van der Waals surface area contributed by atoms with Crippen LogP contribution in [0.25, 0.3) is 10.9 Å². The molecular weight excluding hydrogens is 313 g/mol. The lowest BCUT2D eigenvalue weighted by atomic mass is 10.1. The summed E-state index contributed by atoms with van der Waals surface area (Å²) in [4.78, 5) is 27.0. The smallest absolute Gasteiger partial charge is 0.271 e. The maximum atomic E-state index is 13.3. The average Bonchev–Trinajstić information content (AvgIpc) is 2.54. The number of nitro groups is 1. The molecule has 0 radical (unpaired) electrons. The Morgan fingerprint density at radius 3 is 2.75 bits per heavy atom. The Morgan fingerprint density at radius 2 is 2.00 bits per heavy atom. The van der Waals surface area contributed by atoms with Gasteiger partial charge in [0.05, 0.1) is 21.7 Å². The number of rotatable bonds is 3. The third-order valence-corrected chi connectivity index (χ3v) is 3.53. The Hall–Kier alpha value is -3.35. The molecule has 120 valence electrons. The molecule has 0 spiro atoms. The van der Waals surface area contributed by atoms with Crippen molar-refractivity contribution in [2.45, 2.75) is 6.92 Å². The number of nitrogens with zero attached hydrogens (tertiary/aromatic N) is 2. The summed E-state index contributed by atoms with van der Waals surface area (Å²) in [5, 5.41) is 13.9. The minimum absolute atomic E-state index is 0.122. The molecule has 24 heavy (non-hydrogen) atoms. The van der Waals surface area contributed by atoms with E-state index in [1.165, 1.54) is 30.3 Å². The van der Waals surface area contributed by atoms with Crippen molar-refractivity contribution in [1.82, 2.24) is 4.98 Å². The highest BCUT2D eigenvalue weighted by molar-refractivity contribution is 6.06. The van der Waals surface area contributed by atoms with E-state index in [9.17, 15) is 19.3 Å². The van der Waals surface area contributed by atoms with Crippen LogP contribution in [0.4, 0.5) is 15.8 Å². The number of non-ortho nitro benzene ring substituents is 1. The first kappa shape index (κ1) is 15.5. The van der Waals surface area contributed by atoms with E-state index in [-0.39, 0.29) is 11.3 Å². The second kappa shape index (κ2) is 6.04. The number of carbonyl (C=O) groups is 1. The van der Waals surface area contributed by atoms with Gasteiger partial charge in [0.15, 0.2) is 0 Å². The number of nitro benzene ring substituents is 1. The van der Waals surface area contributed by atoms with Gasteiger partial charge in [-0.25, -0.2) is 4.39 Å². The van der Waals surface area contributed by atoms with Gasteiger partial charge in [-0.3, -0.25) is 19.9 Å². The predicted octanol–water partition coefficient (Wildman–Crippen LogP) is 3.84. The summed E-state index contributed by atoms with van der Waals surface area (Å²) in [7, 11) is 0. The zero-order valence-electron chi connectivity index (χ0n) is 12.6. The molecule has 0 fully saturated rings. The van der Waals surface area contributed by atoms with Gasteiger partial charge in [0, 0.05) is 23.2 Å². The number of anilines is 1. The topological polar surface area (TPSA) is 85.1 Å². The fourth-order valence-corrected chi connectivity index (χ4v) is 2.37. The Bertz CT molecular complexity index is 972. The number of amides is 1. The normalized spacial score (nSPS) is 10.6. The molecule has 1 amide bonds. The molecule has 0 unspecified atom stereocenters. The van der Waals surface area contributed by atoms with Gasteiger partial charge in [-0.15, -0.1) is 0 Å². The number of nitrogens with one attached hydrogen (secondary N) is 1. The number of hydrogen-bond donors (Lipinski definition) is 1.